The Morgan fingerprint density at radius 2 is 2.14 bits per heavy atom. The van der Waals surface area contributed by atoms with E-state index in [9.17, 15) is 0 Å². The molecule has 0 aromatic carbocycles. The molecule has 1 N–H and O–H groups in total. The van der Waals surface area contributed by atoms with Crippen molar-refractivity contribution in [2.24, 2.45) is 17.8 Å². The molecule has 3 atom stereocenters. The van der Waals surface area contributed by atoms with Crippen molar-refractivity contribution in [3.63, 3.8) is 0 Å². The molecule has 1 nitrogen and oxygen atoms in total. The van der Waals surface area contributed by atoms with E-state index in [0.717, 1.165) is 17.8 Å². The Bertz CT molecular complexity index is 138. The monoisotopic (exact) mass is 197 g/mol. The highest BCUT2D eigenvalue weighted by atomic mass is 14.9. The van der Waals surface area contributed by atoms with E-state index >= 15 is 0 Å². The summed E-state index contributed by atoms with van der Waals surface area (Å²) in [7, 11) is 0. The first-order chi connectivity index (χ1) is 6.77. The Hall–Kier alpha value is -0.0400. The molecule has 1 aliphatic heterocycles. The molecule has 0 aromatic rings. The van der Waals surface area contributed by atoms with E-state index in [2.05, 4.69) is 26.1 Å². The lowest BCUT2D eigenvalue weighted by molar-refractivity contribution is 0.271. The van der Waals surface area contributed by atoms with Gasteiger partial charge in [-0.15, -0.1) is 0 Å². The van der Waals surface area contributed by atoms with Crippen molar-refractivity contribution in [3.8, 4) is 0 Å². The molecule has 1 rings (SSSR count). The summed E-state index contributed by atoms with van der Waals surface area (Å²) < 4.78 is 0. The van der Waals surface area contributed by atoms with Crippen molar-refractivity contribution in [2.45, 2.75) is 52.9 Å². The summed E-state index contributed by atoms with van der Waals surface area (Å²) in [5.41, 5.74) is 0. The zero-order chi connectivity index (χ0) is 10.4. The molecule has 1 aliphatic rings. The molecule has 0 spiro atoms. The lowest BCUT2D eigenvalue weighted by atomic mass is 9.81. The van der Waals surface area contributed by atoms with E-state index in [1.54, 1.807) is 0 Å². The van der Waals surface area contributed by atoms with Gasteiger partial charge in [0.05, 0.1) is 0 Å². The average molecular weight is 197 g/mol. The first-order valence-corrected chi connectivity index (χ1v) is 6.48. The second-order valence-electron chi connectivity index (χ2n) is 5.03. The highest BCUT2D eigenvalue weighted by Gasteiger charge is 2.21. The Kier molecular flexibility index (Phi) is 5.54. The summed E-state index contributed by atoms with van der Waals surface area (Å²) in [6.07, 6.45) is 7.01. The van der Waals surface area contributed by atoms with Crippen LogP contribution in [0.3, 0.4) is 0 Å². The van der Waals surface area contributed by atoms with Gasteiger partial charge in [0.2, 0.25) is 0 Å². The van der Waals surface area contributed by atoms with Crippen LogP contribution in [0.4, 0.5) is 0 Å². The lowest BCUT2D eigenvalue weighted by Gasteiger charge is -2.24. The van der Waals surface area contributed by atoms with Crippen LogP contribution >= 0.6 is 0 Å². The normalized spacial score (nSPS) is 26.4. The molecule has 0 aliphatic carbocycles. The van der Waals surface area contributed by atoms with Crippen LogP contribution in [0.2, 0.25) is 0 Å². The van der Waals surface area contributed by atoms with E-state index in [0.29, 0.717) is 0 Å². The summed E-state index contributed by atoms with van der Waals surface area (Å²) in [4.78, 5) is 0. The van der Waals surface area contributed by atoms with Crippen LogP contribution in [-0.4, -0.2) is 13.1 Å². The van der Waals surface area contributed by atoms with Crippen LogP contribution in [0.15, 0.2) is 0 Å². The fourth-order valence-electron chi connectivity index (χ4n) is 2.90. The molecule has 1 heterocycles. The highest BCUT2D eigenvalue weighted by Crippen LogP contribution is 2.28. The molecule has 0 amide bonds. The molecule has 0 aromatic heterocycles. The Morgan fingerprint density at radius 1 is 1.36 bits per heavy atom. The van der Waals surface area contributed by atoms with Crippen LogP contribution in [0, 0.1) is 17.8 Å². The van der Waals surface area contributed by atoms with Crippen molar-refractivity contribution in [1.29, 1.82) is 0 Å². The maximum absolute atomic E-state index is 3.47. The molecule has 0 saturated carbocycles. The predicted octanol–water partition coefficient (Wildman–Crippen LogP) is 3.45. The molecule has 0 radical (unpaired) electrons. The van der Waals surface area contributed by atoms with E-state index in [1.807, 2.05) is 0 Å². The maximum atomic E-state index is 3.47. The summed E-state index contributed by atoms with van der Waals surface area (Å²) >= 11 is 0. The Balaban J connectivity index is 2.26. The number of hydrogen-bond donors (Lipinski definition) is 1. The van der Waals surface area contributed by atoms with Gasteiger partial charge in [0.25, 0.3) is 0 Å². The molecule has 3 unspecified atom stereocenters. The molecular formula is C13H27N. The van der Waals surface area contributed by atoms with Crippen LogP contribution in [0.25, 0.3) is 0 Å². The van der Waals surface area contributed by atoms with Gasteiger partial charge >= 0.3 is 0 Å². The fraction of sp³-hybridized carbons (Fsp3) is 1.00. The minimum atomic E-state index is 0.935. The van der Waals surface area contributed by atoms with E-state index in [4.69, 9.17) is 0 Å². The van der Waals surface area contributed by atoms with Crippen molar-refractivity contribution in [3.05, 3.63) is 0 Å². The fourth-order valence-corrected chi connectivity index (χ4v) is 2.90. The molecule has 84 valence electrons. The topological polar surface area (TPSA) is 12.0 Å². The van der Waals surface area contributed by atoms with Crippen molar-refractivity contribution < 1.29 is 0 Å². The maximum Gasteiger partial charge on any atom is -0.00199 e. The number of rotatable bonds is 6. The van der Waals surface area contributed by atoms with Crippen molar-refractivity contribution >= 4 is 0 Å². The van der Waals surface area contributed by atoms with E-state index < -0.39 is 0 Å². The highest BCUT2D eigenvalue weighted by molar-refractivity contribution is 4.75. The third-order valence-electron chi connectivity index (χ3n) is 3.86. The molecule has 1 saturated heterocycles. The summed E-state index contributed by atoms with van der Waals surface area (Å²) in [6.45, 7) is 9.65. The molecule has 14 heavy (non-hydrogen) atoms. The molecule has 1 fully saturated rings. The van der Waals surface area contributed by atoms with Gasteiger partial charge in [-0.1, -0.05) is 40.0 Å². The van der Waals surface area contributed by atoms with Crippen LogP contribution in [-0.2, 0) is 0 Å². The standard InChI is InChI=1S/C13H27N/c1-4-6-13(5-2)11(3)9-12-7-8-14-10-12/h11-14H,4-10H2,1-3H3. The molecular weight excluding hydrogens is 170 g/mol. The SMILES string of the molecule is CCCC(CC)C(C)CC1CCNC1. The van der Waals surface area contributed by atoms with Gasteiger partial charge in [-0.05, 0) is 43.7 Å². The second kappa shape index (κ2) is 6.44. The van der Waals surface area contributed by atoms with Gasteiger partial charge in [0, 0.05) is 0 Å². The predicted molar refractivity (Wildman–Crippen MR) is 63.4 cm³/mol. The summed E-state index contributed by atoms with van der Waals surface area (Å²) in [6, 6.07) is 0. The number of nitrogens with one attached hydrogen (secondary N) is 1. The van der Waals surface area contributed by atoms with Gasteiger partial charge in [-0.2, -0.15) is 0 Å². The van der Waals surface area contributed by atoms with E-state index in [-0.39, 0.29) is 0 Å². The van der Waals surface area contributed by atoms with Gasteiger partial charge in [0.1, 0.15) is 0 Å². The first-order valence-electron chi connectivity index (χ1n) is 6.48. The van der Waals surface area contributed by atoms with Crippen molar-refractivity contribution in [1.82, 2.24) is 5.32 Å². The zero-order valence-electron chi connectivity index (χ0n) is 10.2. The van der Waals surface area contributed by atoms with Crippen molar-refractivity contribution in [2.75, 3.05) is 13.1 Å². The molecule has 0 bridgehead atoms. The van der Waals surface area contributed by atoms with Gasteiger partial charge in [-0.3, -0.25) is 0 Å². The minimum Gasteiger partial charge on any atom is -0.316 e. The Morgan fingerprint density at radius 3 is 2.64 bits per heavy atom. The average Bonchev–Trinajstić information content (AvgIpc) is 2.66. The number of hydrogen-bond acceptors (Lipinski definition) is 1. The smallest absolute Gasteiger partial charge is 0.00199 e. The lowest BCUT2D eigenvalue weighted by Crippen LogP contribution is -2.17. The Labute approximate surface area is 89.7 Å². The van der Waals surface area contributed by atoms with Crippen LogP contribution in [0.1, 0.15) is 52.9 Å². The van der Waals surface area contributed by atoms with E-state index in [1.165, 1.54) is 45.2 Å². The third kappa shape index (κ3) is 3.61. The summed E-state index contributed by atoms with van der Waals surface area (Å²) in [5.74, 6) is 2.88. The zero-order valence-corrected chi connectivity index (χ0v) is 10.2. The first kappa shape index (κ1) is 12.0. The third-order valence-corrected chi connectivity index (χ3v) is 3.86. The van der Waals surface area contributed by atoms with Gasteiger partial charge < -0.3 is 5.32 Å². The largest absolute Gasteiger partial charge is 0.316 e. The van der Waals surface area contributed by atoms with Crippen LogP contribution < -0.4 is 5.32 Å². The van der Waals surface area contributed by atoms with Crippen LogP contribution in [0.5, 0.6) is 0 Å². The van der Waals surface area contributed by atoms with Gasteiger partial charge in [-0.25, -0.2) is 0 Å². The second-order valence-corrected chi connectivity index (χ2v) is 5.03. The summed E-state index contributed by atoms with van der Waals surface area (Å²) in [5, 5.41) is 3.47. The quantitative estimate of drug-likeness (QED) is 0.687. The minimum absolute atomic E-state index is 0.935. The molecule has 1 heteroatoms. The van der Waals surface area contributed by atoms with Gasteiger partial charge in [0.15, 0.2) is 0 Å².